The first-order valence-electron chi connectivity index (χ1n) is 7.48. The van der Waals surface area contributed by atoms with Crippen LogP contribution in [0.3, 0.4) is 0 Å². The van der Waals surface area contributed by atoms with Crippen LogP contribution in [0.2, 0.25) is 0 Å². The first-order valence-corrected chi connectivity index (χ1v) is 15.2. The summed E-state index contributed by atoms with van der Waals surface area (Å²) in [6.45, 7) is 3.72. The molecule has 1 rings (SSSR count). The third-order valence-corrected chi connectivity index (χ3v) is 5.18. The molecule has 1 aromatic rings. The number of rotatable bonds is 0. The zero-order valence-corrected chi connectivity index (χ0v) is 19.2. The highest BCUT2D eigenvalue weighted by molar-refractivity contribution is 14.2. The summed E-state index contributed by atoms with van der Waals surface area (Å²) < 4.78 is 29.4. The Morgan fingerprint density at radius 1 is 0.909 bits per heavy atom. The van der Waals surface area contributed by atoms with E-state index in [9.17, 15) is 0 Å². The van der Waals surface area contributed by atoms with Gasteiger partial charge >= 0.3 is 0 Å². The van der Waals surface area contributed by atoms with Gasteiger partial charge in [-0.15, -0.1) is 12.8 Å². The molecule has 0 heterocycles. The van der Waals surface area contributed by atoms with E-state index >= 15 is 0 Å². The average molecular weight is 590 g/mol. The molecule has 0 saturated carbocycles. The topological polar surface area (TPSA) is 0 Å². The van der Waals surface area contributed by atoms with E-state index in [1.54, 1.807) is 0 Å². The van der Waals surface area contributed by atoms with Crippen LogP contribution in [-0.4, -0.2) is 2.56 Å². The maximum Gasteiger partial charge on any atom is 0.124 e. The number of hydrogen-bond acceptors (Lipinski definition) is 0. The molecule has 0 fully saturated rings. The number of hydrogen-bond donors (Lipinski definition) is 0. The fourth-order valence-corrected chi connectivity index (χ4v) is 3.12. The molecule has 0 nitrogen and oxygen atoms in total. The van der Waals surface area contributed by atoms with Gasteiger partial charge in [-0.25, -0.2) is 0 Å². The molecule has 110 valence electrons. The Bertz CT molecular complexity index is 972. The minimum absolute atomic E-state index is 0.399. The summed E-state index contributed by atoms with van der Waals surface area (Å²) in [7, 11) is 0.116. The maximum absolute atomic E-state index is 7.41. The van der Waals surface area contributed by atoms with Crippen LogP contribution in [0.4, 0.5) is 0 Å². The lowest BCUT2D eigenvalue weighted by Gasteiger charge is -2.12. The van der Waals surface area contributed by atoms with Gasteiger partial charge in [0.25, 0.3) is 0 Å². The second kappa shape index (κ2) is 9.50. The minimum Gasteiger partial charge on any atom is -0.115 e. The SMILES string of the molecule is [3H]C#Cc1c(C)c(C#C[3H])c(C#CS(I)=P[3H])c(C)c1C#CS(I)=P[3H]. The minimum atomic E-state index is -0.399. The number of halogens is 2. The van der Waals surface area contributed by atoms with Gasteiger partial charge in [-0.05, 0) is 50.0 Å². The van der Waals surface area contributed by atoms with Crippen LogP contribution in [0.15, 0.2) is 0 Å². The first kappa shape index (κ1) is 14.6. The van der Waals surface area contributed by atoms with Crippen molar-refractivity contribution in [2.75, 3.05) is 0 Å². The summed E-state index contributed by atoms with van der Waals surface area (Å²) in [5.74, 6) is 11.8. The van der Waals surface area contributed by atoms with Crippen LogP contribution in [0.1, 0.15) is 36.1 Å². The molecule has 0 spiro atoms. The molecule has 0 aliphatic rings. The van der Waals surface area contributed by atoms with E-state index in [0.29, 0.717) is 38.2 Å². The van der Waals surface area contributed by atoms with Gasteiger partial charge in [0.15, 0.2) is 0 Å². The van der Waals surface area contributed by atoms with Gasteiger partial charge in [0, 0.05) is 64.7 Å². The molecule has 0 aliphatic carbocycles. The predicted octanol–water partition coefficient (Wildman–Crippen LogP) is 4.94. The smallest absolute Gasteiger partial charge is 0.115 e. The third-order valence-electron chi connectivity index (χ3n) is 2.77. The van der Waals surface area contributed by atoms with Crippen LogP contribution < -0.4 is 0 Å². The van der Waals surface area contributed by atoms with E-state index in [2.05, 4.69) is 89.4 Å². The second-order valence-electron chi connectivity index (χ2n) is 3.93. The fraction of sp³-hybridized carbons (Fsp3) is 0.125. The van der Waals surface area contributed by atoms with Crippen molar-refractivity contribution in [1.29, 1.82) is 2.56 Å². The van der Waals surface area contributed by atoms with Gasteiger partial charge < -0.3 is 0 Å². The highest BCUT2D eigenvalue weighted by atomic mass is 127. The van der Waals surface area contributed by atoms with E-state index in [-0.39, 0.29) is 0 Å². The Balaban J connectivity index is 4.01. The second-order valence-corrected chi connectivity index (χ2v) is 16.9. The first-order chi connectivity index (χ1) is 12.4. The quantitative estimate of drug-likeness (QED) is 0.229. The van der Waals surface area contributed by atoms with Gasteiger partial charge in [-0.1, -0.05) is 39.6 Å². The van der Waals surface area contributed by atoms with Crippen LogP contribution in [0, 0.1) is 60.8 Å². The predicted molar refractivity (Wildman–Crippen MR) is 125 cm³/mol. The molecule has 6 heteroatoms. The summed E-state index contributed by atoms with van der Waals surface area (Å²) in [5, 5.41) is 6.11. The van der Waals surface area contributed by atoms with E-state index in [0.717, 1.165) is 11.1 Å². The summed E-state index contributed by atoms with van der Waals surface area (Å²) in [6, 6.07) is 0. The number of terminal acetylenes is 2. The average Bonchev–Trinajstić information content (AvgIpc) is 2.64. The van der Waals surface area contributed by atoms with Crippen molar-refractivity contribution in [2.45, 2.75) is 13.8 Å². The molecule has 0 N–H and O–H groups in total. The van der Waals surface area contributed by atoms with E-state index in [1.165, 1.54) is 0 Å². The lowest BCUT2D eigenvalue weighted by Crippen LogP contribution is -2.02. The van der Waals surface area contributed by atoms with Crippen molar-refractivity contribution in [3.8, 4) is 47.0 Å². The van der Waals surface area contributed by atoms with Crippen LogP contribution in [0.25, 0.3) is 0 Å². The Labute approximate surface area is 170 Å². The highest BCUT2D eigenvalue weighted by Gasteiger charge is 2.15. The standard InChI is InChI=1S/C16H10I2P2S2/c1-5-13-11(3)14(6-2)16(8-10-22(18)20)12(4)15(13)7-9-21(17)19/h1-2,19-20H,3-4H3/i1T,2T,19T,20T. The van der Waals surface area contributed by atoms with Gasteiger partial charge in [0.05, 0.1) is 0 Å². The molecule has 22 heavy (non-hydrogen) atoms. The van der Waals surface area contributed by atoms with Crippen LogP contribution >= 0.6 is 58.3 Å². The molecule has 0 bridgehead atoms. The van der Waals surface area contributed by atoms with Crippen molar-refractivity contribution in [3.63, 3.8) is 0 Å². The molecule has 0 aromatic heterocycles. The van der Waals surface area contributed by atoms with E-state index in [4.69, 9.17) is 5.30 Å². The largest absolute Gasteiger partial charge is 0.124 e. The Morgan fingerprint density at radius 3 is 1.68 bits per heavy atom. The molecule has 0 aliphatic heterocycles. The van der Waals surface area contributed by atoms with Gasteiger partial charge in [-0.3, -0.25) is 0 Å². The van der Waals surface area contributed by atoms with E-state index < -0.39 is 14.5 Å². The molecule has 0 amide bonds. The molecule has 0 saturated heterocycles. The third kappa shape index (κ3) is 5.11. The molecule has 0 radical (unpaired) electrons. The van der Waals surface area contributed by atoms with Gasteiger partial charge in [0.1, 0.15) is 5.30 Å². The Kier molecular flexibility index (Phi) is 6.28. The highest BCUT2D eigenvalue weighted by Crippen LogP contribution is 2.26. The van der Waals surface area contributed by atoms with Gasteiger partial charge in [-0.2, -0.15) is 0 Å². The lowest BCUT2D eigenvalue weighted by atomic mass is 9.88. The van der Waals surface area contributed by atoms with Crippen LogP contribution in [0.5, 0.6) is 0 Å². The Hall–Kier alpha value is 0.220. The molecule has 2 unspecified atom stereocenters. The summed E-state index contributed by atoms with van der Waals surface area (Å²) in [4.78, 5) is 0. The molecular weight excluding hydrogens is 572 g/mol. The van der Waals surface area contributed by atoms with Crippen molar-refractivity contribution in [1.82, 2.24) is 0 Å². The van der Waals surface area contributed by atoms with Crippen molar-refractivity contribution in [3.05, 3.63) is 33.4 Å². The Morgan fingerprint density at radius 2 is 1.32 bits per heavy atom. The van der Waals surface area contributed by atoms with Crippen molar-refractivity contribution in [2.24, 2.45) is 0 Å². The summed E-state index contributed by atoms with van der Waals surface area (Å²) >= 11 is 4.26. The molecular formula is C16H10I2P2S2. The normalized spacial score (nSPS) is 14.0. The summed E-state index contributed by atoms with van der Waals surface area (Å²) in [5.41, 5.74) is 4.17. The molecule has 2 atom stereocenters. The lowest BCUT2D eigenvalue weighted by molar-refractivity contribution is 1.30. The van der Waals surface area contributed by atoms with Crippen molar-refractivity contribution < 1.29 is 2.74 Å². The monoisotopic (exact) mass is 590 g/mol. The fourth-order valence-electron chi connectivity index (χ4n) is 1.81. The van der Waals surface area contributed by atoms with Crippen molar-refractivity contribution >= 4 is 72.8 Å². The zero-order valence-electron chi connectivity index (χ0n) is 15.5. The maximum atomic E-state index is 7.41. The number of benzene rings is 1. The summed E-state index contributed by atoms with van der Waals surface area (Å²) in [6.07, 6.45) is 4.36. The van der Waals surface area contributed by atoms with E-state index in [1.807, 2.05) is 13.8 Å². The van der Waals surface area contributed by atoms with Gasteiger partial charge in [0.2, 0.25) is 0 Å². The zero-order chi connectivity index (χ0) is 19.7. The van der Waals surface area contributed by atoms with Crippen LogP contribution in [-0.2, 0) is 14.5 Å². The molecule has 1 aromatic carbocycles.